The predicted molar refractivity (Wildman–Crippen MR) is 112 cm³/mol. The SMILES string of the molecule is CC(C)CCCCOP(=O)(OCCCCC(C)C)OCCCCC(C)C. The molecule has 0 spiro atoms. The number of hydrogen-bond donors (Lipinski definition) is 0. The lowest BCUT2D eigenvalue weighted by Crippen LogP contribution is -2.05. The quantitative estimate of drug-likeness (QED) is 0.178. The molecule has 4 nitrogen and oxygen atoms in total. The predicted octanol–water partition coefficient (Wildman–Crippen LogP) is 7.62. The number of phosphoric acid groups is 1. The molecule has 26 heavy (non-hydrogen) atoms. The van der Waals surface area contributed by atoms with Crippen LogP contribution in [0.1, 0.15) is 99.3 Å². The summed E-state index contributed by atoms with van der Waals surface area (Å²) in [6, 6.07) is 0. The van der Waals surface area contributed by atoms with Crippen molar-refractivity contribution in [2.24, 2.45) is 17.8 Å². The van der Waals surface area contributed by atoms with E-state index >= 15 is 0 Å². The lowest BCUT2D eigenvalue weighted by Gasteiger charge is -2.18. The Morgan fingerprint density at radius 1 is 0.538 bits per heavy atom. The van der Waals surface area contributed by atoms with Gasteiger partial charge < -0.3 is 0 Å². The Morgan fingerprint density at radius 3 is 1.04 bits per heavy atom. The van der Waals surface area contributed by atoms with Crippen molar-refractivity contribution >= 4 is 7.82 Å². The Morgan fingerprint density at radius 2 is 0.808 bits per heavy atom. The van der Waals surface area contributed by atoms with E-state index in [4.69, 9.17) is 13.6 Å². The molecule has 0 heterocycles. The molecule has 0 N–H and O–H groups in total. The van der Waals surface area contributed by atoms with Crippen LogP contribution in [0.15, 0.2) is 0 Å². The molecule has 0 aliphatic heterocycles. The van der Waals surface area contributed by atoms with Gasteiger partial charge in [-0.1, -0.05) is 80.1 Å². The smallest absolute Gasteiger partial charge is 0.287 e. The molecule has 0 aromatic carbocycles. The summed E-state index contributed by atoms with van der Waals surface area (Å²) in [5.74, 6) is 2.07. The molecule has 0 unspecified atom stereocenters. The van der Waals surface area contributed by atoms with E-state index in [1.54, 1.807) is 0 Å². The highest BCUT2D eigenvalue weighted by atomic mass is 31.2. The van der Waals surface area contributed by atoms with Gasteiger partial charge in [-0.3, -0.25) is 13.6 Å². The zero-order valence-corrected chi connectivity index (χ0v) is 19.2. The number of phosphoric ester groups is 1. The zero-order chi connectivity index (χ0) is 19.8. The first-order valence-electron chi connectivity index (χ1n) is 10.8. The third kappa shape index (κ3) is 17.5. The first-order valence-corrected chi connectivity index (χ1v) is 12.2. The highest BCUT2D eigenvalue weighted by Gasteiger charge is 2.26. The number of unbranched alkanes of at least 4 members (excludes halogenated alkanes) is 3. The molecule has 0 saturated carbocycles. The summed E-state index contributed by atoms with van der Waals surface area (Å²) in [5, 5.41) is 0. The van der Waals surface area contributed by atoms with Crippen LogP contribution in [0.2, 0.25) is 0 Å². The Balaban J connectivity index is 4.16. The lowest BCUT2D eigenvalue weighted by molar-refractivity contribution is 0.108. The fourth-order valence-corrected chi connectivity index (χ4v) is 3.89. The molecule has 0 bridgehead atoms. The summed E-state index contributed by atoms with van der Waals surface area (Å²) >= 11 is 0. The third-order valence-corrected chi connectivity index (χ3v) is 5.77. The minimum Gasteiger partial charge on any atom is -0.287 e. The van der Waals surface area contributed by atoms with Crippen molar-refractivity contribution in [2.45, 2.75) is 99.3 Å². The maximum Gasteiger partial charge on any atom is 0.474 e. The zero-order valence-electron chi connectivity index (χ0n) is 18.3. The van der Waals surface area contributed by atoms with E-state index in [1.807, 2.05) is 0 Å². The Kier molecular flexibility index (Phi) is 16.2. The van der Waals surface area contributed by atoms with Crippen LogP contribution in [0.5, 0.6) is 0 Å². The molecule has 0 amide bonds. The summed E-state index contributed by atoms with van der Waals surface area (Å²) in [6.45, 7) is 14.6. The van der Waals surface area contributed by atoms with Gasteiger partial charge in [0.2, 0.25) is 0 Å². The van der Waals surface area contributed by atoms with Crippen LogP contribution in [0.4, 0.5) is 0 Å². The van der Waals surface area contributed by atoms with E-state index in [1.165, 1.54) is 19.3 Å². The van der Waals surface area contributed by atoms with Crippen molar-refractivity contribution in [2.75, 3.05) is 19.8 Å². The van der Waals surface area contributed by atoms with Gasteiger partial charge >= 0.3 is 7.82 Å². The average molecular weight is 393 g/mol. The van der Waals surface area contributed by atoms with Crippen LogP contribution in [0.3, 0.4) is 0 Å². The van der Waals surface area contributed by atoms with Gasteiger partial charge in [-0.05, 0) is 37.0 Å². The van der Waals surface area contributed by atoms with Crippen molar-refractivity contribution in [1.82, 2.24) is 0 Å². The van der Waals surface area contributed by atoms with Crippen LogP contribution in [-0.4, -0.2) is 19.8 Å². The molecule has 0 aromatic rings. The maximum atomic E-state index is 12.8. The Hall–Kier alpha value is 0.110. The molecule has 158 valence electrons. The van der Waals surface area contributed by atoms with Gasteiger partial charge in [-0.15, -0.1) is 0 Å². The first kappa shape index (κ1) is 26.1. The lowest BCUT2D eigenvalue weighted by atomic mass is 10.1. The van der Waals surface area contributed by atoms with Gasteiger partial charge in [-0.25, -0.2) is 4.57 Å². The van der Waals surface area contributed by atoms with E-state index in [-0.39, 0.29) is 0 Å². The van der Waals surface area contributed by atoms with E-state index in [2.05, 4.69) is 41.5 Å². The molecule has 0 aliphatic carbocycles. The molecule has 0 fully saturated rings. The molecule has 0 saturated heterocycles. The van der Waals surface area contributed by atoms with Crippen molar-refractivity contribution in [1.29, 1.82) is 0 Å². The normalized spacial score (nSPS) is 12.7. The van der Waals surface area contributed by atoms with Crippen molar-refractivity contribution < 1.29 is 18.1 Å². The average Bonchev–Trinajstić information content (AvgIpc) is 2.53. The van der Waals surface area contributed by atoms with Gasteiger partial charge in [0.1, 0.15) is 0 Å². The third-order valence-electron chi connectivity index (χ3n) is 4.28. The summed E-state index contributed by atoms with van der Waals surface area (Å²) in [5.41, 5.74) is 0. The van der Waals surface area contributed by atoms with Crippen LogP contribution in [-0.2, 0) is 18.1 Å². The van der Waals surface area contributed by atoms with Crippen molar-refractivity contribution in [3.63, 3.8) is 0 Å². The van der Waals surface area contributed by atoms with Crippen molar-refractivity contribution in [3.05, 3.63) is 0 Å². The van der Waals surface area contributed by atoms with Gasteiger partial charge in [-0.2, -0.15) is 0 Å². The van der Waals surface area contributed by atoms with Crippen LogP contribution >= 0.6 is 7.82 Å². The Bertz CT molecular complexity index is 304. The second kappa shape index (κ2) is 16.1. The molecular formula is C21H45O4P. The van der Waals surface area contributed by atoms with E-state index in [9.17, 15) is 4.57 Å². The highest BCUT2D eigenvalue weighted by molar-refractivity contribution is 7.48. The molecule has 0 aliphatic rings. The largest absolute Gasteiger partial charge is 0.474 e. The highest BCUT2D eigenvalue weighted by Crippen LogP contribution is 2.50. The summed E-state index contributed by atoms with van der Waals surface area (Å²) < 4.78 is 29.6. The van der Waals surface area contributed by atoms with E-state index in [0.29, 0.717) is 37.6 Å². The van der Waals surface area contributed by atoms with Gasteiger partial charge in [0, 0.05) is 0 Å². The van der Waals surface area contributed by atoms with E-state index < -0.39 is 7.82 Å². The molecule has 0 aromatic heterocycles. The van der Waals surface area contributed by atoms with Gasteiger partial charge in [0.25, 0.3) is 0 Å². The number of hydrogen-bond acceptors (Lipinski definition) is 4. The fraction of sp³-hybridized carbons (Fsp3) is 1.00. The second-order valence-corrected chi connectivity index (χ2v) is 10.3. The molecule has 5 heteroatoms. The van der Waals surface area contributed by atoms with Crippen molar-refractivity contribution in [3.8, 4) is 0 Å². The summed E-state index contributed by atoms with van der Waals surface area (Å²) in [4.78, 5) is 0. The minimum absolute atomic E-state index is 0.446. The standard InChI is InChI=1S/C21H45O4P/c1-19(2)13-7-10-16-23-26(22,24-17-11-8-14-20(3)4)25-18-12-9-15-21(5)6/h19-21H,7-18H2,1-6H3. The minimum atomic E-state index is -3.41. The van der Waals surface area contributed by atoms with Gasteiger partial charge in [0.15, 0.2) is 0 Å². The molecule has 0 rings (SSSR count). The van der Waals surface area contributed by atoms with Gasteiger partial charge in [0.05, 0.1) is 19.8 Å². The van der Waals surface area contributed by atoms with E-state index in [0.717, 1.165) is 38.5 Å². The Labute approximate surface area is 163 Å². The molecule has 0 radical (unpaired) electrons. The van der Waals surface area contributed by atoms with Crippen LogP contribution < -0.4 is 0 Å². The number of rotatable bonds is 18. The molecule has 0 atom stereocenters. The monoisotopic (exact) mass is 392 g/mol. The summed E-state index contributed by atoms with van der Waals surface area (Å²) in [7, 11) is -3.41. The first-order chi connectivity index (χ1) is 12.2. The topological polar surface area (TPSA) is 44.8 Å². The van der Waals surface area contributed by atoms with Crippen LogP contribution in [0.25, 0.3) is 0 Å². The summed E-state index contributed by atoms with van der Waals surface area (Å²) in [6.07, 6.45) is 9.45. The second-order valence-electron chi connectivity index (χ2n) is 8.62. The van der Waals surface area contributed by atoms with Crippen LogP contribution in [0, 0.1) is 17.8 Å². The fourth-order valence-electron chi connectivity index (χ4n) is 2.60. The maximum absolute atomic E-state index is 12.8. The molecular weight excluding hydrogens is 347 g/mol.